The van der Waals surface area contributed by atoms with Gasteiger partial charge in [0.15, 0.2) is 11.5 Å². The summed E-state index contributed by atoms with van der Waals surface area (Å²) in [6.45, 7) is 4.34. The Morgan fingerprint density at radius 3 is 2.68 bits per heavy atom. The number of fused-ring (bicyclic) bond motifs is 1. The summed E-state index contributed by atoms with van der Waals surface area (Å²) in [5.74, 6) is 0.297. The van der Waals surface area contributed by atoms with Crippen LogP contribution in [0, 0.1) is 0 Å². The molecule has 0 aromatic heterocycles. The van der Waals surface area contributed by atoms with Crippen LogP contribution in [0.1, 0.15) is 30.6 Å². The first-order valence-corrected chi connectivity index (χ1v) is 8.10. The van der Waals surface area contributed by atoms with Gasteiger partial charge in [-0.25, -0.2) is 0 Å². The largest absolute Gasteiger partial charge is 0.466 e. The van der Waals surface area contributed by atoms with Crippen LogP contribution >= 0.6 is 0 Å². The number of hydrogen-bond donors (Lipinski definition) is 1. The van der Waals surface area contributed by atoms with Crippen molar-refractivity contribution in [1.29, 1.82) is 0 Å². The first kappa shape index (κ1) is 18.6. The van der Waals surface area contributed by atoms with Crippen LogP contribution in [0.3, 0.4) is 0 Å². The molecule has 0 spiro atoms. The first-order valence-electron chi connectivity index (χ1n) is 8.10. The lowest BCUT2D eigenvalue weighted by Crippen LogP contribution is -2.39. The van der Waals surface area contributed by atoms with Crippen molar-refractivity contribution in [3.05, 3.63) is 23.8 Å². The summed E-state index contributed by atoms with van der Waals surface area (Å²) < 4.78 is 15.4. The maximum absolute atomic E-state index is 12.8. The average Bonchev–Trinajstić information content (AvgIpc) is 3.04. The Labute approximate surface area is 146 Å². The normalized spacial score (nSPS) is 11.8. The molecule has 2 rings (SSSR count). The maximum atomic E-state index is 12.8. The molecule has 8 heteroatoms. The number of ether oxygens (including phenoxy) is 3. The Morgan fingerprint density at radius 2 is 1.96 bits per heavy atom. The molecule has 1 aromatic carbocycles. The van der Waals surface area contributed by atoms with Gasteiger partial charge in [-0.05, 0) is 25.1 Å². The van der Waals surface area contributed by atoms with Crippen molar-refractivity contribution in [1.82, 2.24) is 10.2 Å². The van der Waals surface area contributed by atoms with Gasteiger partial charge in [0.1, 0.15) is 0 Å². The Hall–Kier alpha value is -2.77. The minimum atomic E-state index is -0.370. The van der Waals surface area contributed by atoms with E-state index in [9.17, 15) is 14.4 Å². The van der Waals surface area contributed by atoms with Gasteiger partial charge in [-0.2, -0.15) is 0 Å². The van der Waals surface area contributed by atoms with Gasteiger partial charge in [-0.15, -0.1) is 0 Å². The van der Waals surface area contributed by atoms with Crippen molar-refractivity contribution in [3.8, 4) is 11.5 Å². The quantitative estimate of drug-likeness (QED) is 0.702. The predicted molar refractivity (Wildman–Crippen MR) is 88.4 cm³/mol. The van der Waals surface area contributed by atoms with E-state index in [1.54, 1.807) is 25.1 Å². The molecule has 0 bridgehead atoms. The molecule has 136 valence electrons. The van der Waals surface area contributed by atoms with Crippen LogP contribution in [-0.4, -0.2) is 55.7 Å². The lowest BCUT2D eigenvalue weighted by Gasteiger charge is -2.22. The molecule has 0 saturated carbocycles. The van der Waals surface area contributed by atoms with Crippen LogP contribution in [0.5, 0.6) is 11.5 Å². The number of benzene rings is 1. The average molecular weight is 350 g/mol. The number of nitrogens with zero attached hydrogens (tertiary/aromatic N) is 1. The van der Waals surface area contributed by atoms with Gasteiger partial charge in [0, 0.05) is 32.1 Å². The molecule has 8 nitrogen and oxygen atoms in total. The fourth-order valence-corrected chi connectivity index (χ4v) is 2.35. The number of nitrogens with one attached hydrogen (secondary N) is 1. The maximum Gasteiger partial charge on any atom is 0.307 e. The van der Waals surface area contributed by atoms with Crippen molar-refractivity contribution < 1.29 is 28.6 Å². The predicted octanol–water partition coefficient (Wildman–Crippen LogP) is 0.947. The number of hydrogen-bond acceptors (Lipinski definition) is 6. The highest BCUT2D eigenvalue weighted by atomic mass is 16.7. The molecule has 0 fully saturated rings. The highest BCUT2D eigenvalue weighted by molar-refractivity contribution is 5.95. The van der Waals surface area contributed by atoms with E-state index in [4.69, 9.17) is 14.2 Å². The lowest BCUT2D eigenvalue weighted by molar-refractivity contribution is -0.143. The third-order valence-electron chi connectivity index (χ3n) is 3.55. The summed E-state index contributed by atoms with van der Waals surface area (Å²) >= 11 is 0. The molecule has 0 atom stereocenters. The van der Waals surface area contributed by atoms with E-state index in [2.05, 4.69) is 5.32 Å². The Kier molecular flexibility index (Phi) is 6.62. The van der Waals surface area contributed by atoms with E-state index in [1.165, 1.54) is 11.8 Å². The number of rotatable bonds is 8. The van der Waals surface area contributed by atoms with Gasteiger partial charge >= 0.3 is 5.97 Å². The van der Waals surface area contributed by atoms with E-state index in [0.717, 1.165) is 0 Å². The minimum Gasteiger partial charge on any atom is -0.466 e. The summed E-state index contributed by atoms with van der Waals surface area (Å²) in [5, 5.41) is 2.64. The zero-order chi connectivity index (χ0) is 18.2. The first-order chi connectivity index (χ1) is 12.0. The Bertz CT molecular complexity index is 646. The number of amides is 2. The van der Waals surface area contributed by atoms with Gasteiger partial charge in [-0.1, -0.05) is 0 Å². The van der Waals surface area contributed by atoms with Crippen molar-refractivity contribution in [2.75, 3.05) is 33.0 Å². The summed E-state index contributed by atoms with van der Waals surface area (Å²) in [4.78, 5) is 36.9. The molecule has 2 amide bonds. The zero-order valence-electron chi connectivity index (χ0n) is 14.4. The Balaban J connectivity index is 2.04. The fourth-order valence-electron chi connectivity index (χ4n) is 2.35. The van der Waals surface area contributed by atoms with Gasteiger partial charge < -0.3 is 24.4 Å². The molecule has 1 aromatic rings. The molecule has 1 aliphatic heterocycles. The molecule has 25 heavy (non-hydrogen) atoms. The molecule has 0 radical (unpaired) electrons. The van der Waals surface area contributed by atoms with Crippen molar-refractivity contribution in [2.24, 2.45) is 0 Å². The van der Waals surface area contributed by atoms with E-state index in [-0.39, 0.29) is 44.1 Å². The Morgan fingerprint density at radius 1 is 1.20 bits per heavy atom. The van der Waals surface area contributed by atoms with Crippen molar-refractivity contribution in [3.63, 3.8) is 0 Å². The van der Waals surface area contributed by atoms with Crippen molar-refractivity contribution in [2.45, 2.75) is 20.3 Å². The van der Waals surface area contributed by atoms with Crippen LogP contribution in [0.15, 0.2) is 18.2 Å². The lowest BCUT2D eigenvalue weighted by atomic mass is 10.1. The van der Waals surface area contributed by atoms with E-state index < -0.39 is 0 Å². The van der Waals surface area contributed by atoms with Crippen LogP contribution in [0.2, 0.25) is 0 Å². The number of carbonyl (C=O) groups is 3. The SMILES string of the molecule is CCOC(=O)CCN(CCNC(C)=O)C(=O)c1ccc2c(c1)OCO2. The number of esters is 1. The van der Waals surface area contributed by atoms with E-state index >= 15 is 0 Å². The second-order valence-corrected chi connectivity index (χ2v) is 5.40. The fraction of sp³-hybridized carbons (Fsp3) is 0.471. The molecule has 1 aliphatic rings. The standard InChI is InChI=1S/C17H22N2O6/c1-3-23-16(21)6-8-19(9-7-18-12(2)20)17(22)13-4-5-14-15(10-13)25-11-24-14/h4-5,10H,3,6-9,11H2,1-2H3,(H,18,20). The molecular formula is C17H22N2O6. The van der Waals surface area contributed by atoms with Crippen LogP contribution in [-0.2, 0) is 14.3 Å². The van der Waals surface area contributed by atoms with Gasteiger partial charge in [0.2, 0.25) is 12.7 Å². The van der Waals surface area contributed by atoms with E-state index in [1.807, 2.05) is 0 Å². The summed E-state index contributed by atoms with van der Waals surface area (Å²) in [5.41, 5.74) is 0.427. The third-order valence-corrected chi connectivity index (χ3v) is 3.55. The van der Waals surface area contributed by atoms with Gasteiger partial charge in [-0.3, -0.25) is 14.4 Å². The van der Waals surface area contributed by atoms with Gasteiger partial charge in [0.05, 0.1) is 13.0 Å². The molecule has 1 N–H and O–H groups in total. The smallest absolute Gasteiger partial charge is 0.307 e. The summed E-state index contributed by atoms with van der Waals surface area (Å²) in [7, 11) is 0. The van der Waals surface area contributed by atoms with Crippen LogP contribution in [0.25, 0.3) is 0 Å². The minimum absolute atomic E-state index is 0.0875. The van der Waals surface area contributed by atoms with E-state index in [0.29, 0.717) is 30.2 Å². The summed E-state index contributed by atoms with van der Waals surface area (Å²) in [6.07, 6.45) is 0.0875. The summed E-state index contributed by atoms with van der Waals surface area (Å²) in [6, 6.07) is 4.93. The van der Waals surface area contributed by atoms with Crippen LogP contribution < -0.4 is 14.8 Å². The molecule has 0 saturated heterocycles. The highest BCUT2D eigenvalue weighted by Crippen LogP contribution is 2.32. The second-order valence-electron chi connectivity index (χ2n) is 5.40. The molecule has 0 unspecified atom stereocenters. The highest BCUT2D eigenvalue weighted by Gasteiger charge is 2.21. The third kappa shape index (κ3) is 5.37. The monoisotopic (exact) mass is 350 g/mol. The van der Waals surface area contributed by atoms with Crippen molar-refractivity contribution >= 4 is 17.8 Å². The molecule has 1 heterocycles. The van der Waals surface area contributed by atoms with Gasteiger partial charge in [0.25, 0.3) is 5.91 Å². The zero-order valence-corrected chi connectivity index (χ0v) is 14.4. The topological polar surface area (TPSA) is 94.2 Å². The molecule has 0 aliphatic carbocycles. The van der Waals surface area contributed by atoms with Crippen LogP contribution in [0.4, 0.5) is 0 Å². The number of carbonyl (C=O) groups excluding carboxylic acids is 3. The second kappa shape index (κ2) is 8.91. The molecular weight excluding hydrogens is 328 g/mol.